The molecule has 0 spiro atoms. The SMILES string of the molecule is CC(Nc1nc2ccccc2s1)C(=O)NNC(=O)CC(C)c1ccccc1. The van der Waals surface area contributed by atoms with Gasteiger partial charge in [0.2, 0.25) is 5.91 Å². The molecular formula is C20H22N4O2S. The summed E-state index contributed by atoms with van der Waals surface area (Å²) in [5, 5.41) is 3.73. The predicted octanol–water partition coefficient (Wildman–Crippen LogP) is 3.44. The molecule has 2 aromatic carbocycles. The number of hydrogen-bond acceptors (Lipinski definition) is 5. The number of carbonyl (C=O) groups is 2. The maximum atomic E-state index is 12.2. The van der Waals surface area contributed by atoms with E-state index in [0.717, 1.165) is 15.8 Å². The molecule has 140 valence electrons. The van der Waals surface area contributed by atoms with Crippen LogP contribution in [0.15, 0.2) is 54.6 Å². The molecule has 3 aromatic rings. The van der Waals surface area contributed by atoms with Gasteiger partial charge in [-0.3, -0.25) is 20.4 Å². The summed E-state index contributed by atoms with van der Waals surface area (Å²) >= 11 is 1.48. The lowest BCUT2D eigenvalue weighted by molar-refractivity contribution is -0.129. The fourth-order valence-corrected chi connectivity index (χ4v) is 3.61. The van der Waals surface area contributed by atoms with Crippen LogP contribution in [0.1, 0.15) is 31.7 Å². The molecule has 3 N–H and O–H groups in total. The maximum absolute atomic E-state index is 12.2. The smallest absolute Gasteiger partial charge is 0.260 e. The highest BCUT2D eigenvalue weighted by molar-refractivity contribution is 7.22. The number of benzene rings is 2. The fourth-order valence-electron chi connectivity index (χ4n) is 2.65. The van der Waals surface area contributed by atoms with Crippen LogP contribution in [-0.2, 0) is 9.59 Å². The topological polar surface area (TPSA) is 83.1 Å². The number of aromatic nitrogens is 1. The Labute approximate surface area is 162 Å². The zero-order chi connectivity index (χ0) is 19.2. The summed E-state index contributed by atoms with van der Waals surface area (Å²) in [6.45, 7) is 3.70. The van der Waals surface area contributed by atoms with E-state index in [0.29, 0.717) is 11.6 Å². The van der Waals surface area contributed by atoms with E-state index in [4.69, 9.17) is 0 Å². The number of hydrogen-bond donors (Lipinski definition) is 3. The number of rotatable bonds is 6. The molecule has 1 heterocycles. The van der Waals surface area contributed by atoms with Crippen molar-refractivity contribution in [2.75, 3.05) is 5.32 Å². The van der Waals surface area contributed by atoms with E-state index in [1.54, 1.807) is 6.92 Å². The average molecular weight is 382 g/mol. The summed E-state index contributed by atoms with van der Waals surface area (Å²) in [7, 11) is 0. The van der Waals surface area contributed by atoms with E-state index < -0.39 is 6.04 Å². The van der Waals surface area contributed by atoms with Gasteiger partial charge in [0, 0.05) is 6.42 Å². The molecule has 0 aliphatic heterocycles. The molecule has 6 nitrogen and oxygen atoms in total. The third-order valence-corrected chi connectivity index (χ3v) is 5.18. The predicted molar refractivity (Wildman–Crippen MR) is 108 cm³/mol. The molecule has 1 aromatic heterocycles. The number of fused-ring (bicyclic) bond motifs is 1. The van der Waals surface area contributed by atoms with Gasteiger partial charge in [-0.05, 0) is 30.5 Å². The van der Waals surface area contributed by atoms with Gasteiger partial charge in [-0.25, -0.2) is 4.98 Å². The Hall–Kier alpha value is -2.93. The number of anilines is 1. The van der Waals surface area contributed by atoms with E-state index in [1.165, 1.54) is 11.3 Å². The maximum Gasteiger partial charge on any atom is 0.260 e. The number of carbonyl (C=O) groups excluding carboxylic acids is 2. The average Bonchev–Trinajstić information content (AvgIpc) is 3.09. The molecule has 0 aliphatic rings. The standard InChI is InChI=1S/C20H22N4O2S/c1-13(15-8-4-3-5-9-15)12-18(25)23-24-19(26)14(2)21-20-22-16-10-6-7-11-17(16)27-20/h3-11,13-14H,12H2,1-2H3,(H,21,22)(H,23,25)(H,24,26). The summed E-state index contributed by atoms with van der Waals surface area (Å²) < 4.78 is 1.05. The number of nitrogens with zero attached hydrogens (tertiary/aromatic N) is 1. The summed E-state index contributed by atoms with van der Waals surface area (Å²) in [5.74, 6) is -0.483. The van der Waals surface area contributed by atoms with E-state index in [2.05, 4.69) is 21.2 Å². The van der Waals surface area contributed by atoms with Crippen LogP contribution in [0, 0.1) is 0 Å². The first-order valence-corrected chi connectivity index (χ1v) is 9.60. The first-order chi connectivity index (χ1) is 13.0. The van der Waals surface area contributed by atoms with Crippen molar-refractivity contribution in [3.8, 4) is 0 Å². The molecule has 0 saturated carbocycles. The third-order valence-electron chi connectivity index (χ3n) is 4.21. The van der Waals surface area contributed by atoms with Crippen molar-refractivity contribution in [3.05, 3.63) is 60.2 Å². The highest BCUT2D eigenvalue weighted by Gasteiger charge is 2.16. The lowest BCUT2D eigenvalue weighted by atomic mass is 9.98. The molecule has 0 aliphatic carbocycles. The zero-order valence-corrected chi connectivity index (χ0v) is 16.0. The second-order valence-corrected chi connectivity index (χ2v) is 7.44. The Bertz CT molecular complexity index is 893. The minimum absolute atomic E-state index is 0.0707. The number of thiazole rings is 1. The first-order valence-electron chi connectivity index (χ1n) is 8.78. The number of hydrazine groups is 1. The highest BCUT2D eigenvalue weighted by Crippen LogP contribution is 2.25. The van der Waals surface area contributed by atoms with Crippen LogP contribution >= 0.6 is 11.3 Å². The molecule has 0 bridgehead atoms. The van der Waals surface area contributed by atoms with Gasteiger partial charge in [-0.1, -0.05) is 60.7 Å². The van der Waals surface area contributed by atoms with Crippen molar-refractivity contribution in [3.63, 3.8) is 0 Å². The van der Waals surface area contributed by atoms with Crippen molar-refractivity contribution >= 4 is 38.5 Å². The number of nitrogens with one attached hydrogen (secondary N) is 3. The van der Waals surface area contributed by atoms with Gasteiger partial charge in [-0.15, -0.1) is 0 Å². The van der Waals surface area contributed by atoms with Crippen LogP contribution < -0.4 is 16.2 Å². The van der Waals surface area contributed by atoms with Crippen LogP contribution in [0.3, 0.4) is 0 Å². The van der Waals surface area contributed by atoms with E-state index in [9.17, 15) is 9.59 Å². The summed E-state index contributed by atoms with van der Waals surface area (Å²) in [6.07, 6.45) is 0.296. The van der Waals surface area contributed by atoms with Crippen molar-refractivity contribution in [1.29, 1.82) is 0 Å². The minimum Gasteiger partial charge on any atom is -0.350 e. The first kappa shape index (κ1) is 18.8. The summed E-state index contributed by atoms with van der Waals surface area (Å²) in [5.41, 5.74) is 6.93. The monoisotopic (exact) mass is 382 g/mol. The Morgan fingerprint density at radius 2 is 1.70 bits per heavy atom. The molecule has 2 atom stereocenters. The molecule has 0 saturated heterocycles. The van der Waals surface area contributed by atoms with Crippen molar-refractivity contribution in [2.45, 2.75) is 32.2 Å². The summed E-state index contributed by atoms with van der Waals surface area (Å²) in [6, 6.07) is 17.1. The Morgan fingerprint density at radius 3 is 2.44 bits per heavy atom. The van der Waals surface area contributed by atoms with Gasteiger partial charge in [0.25, 0.3) is 5.91 Å². The highest BCUT2D eigenvalue weighted by atomic mass is 32.1. The van der Waals surface area contributed by atoms with Gasteiger partial charge in [0.1, 0.15) is 6.04 Å². The zero-order valence-electron chi connectivity index (χ0n) is 15.2. The van der Waals surface area contributed by atoms with Crippen LogP contribution in [-0.4, -0.2) is 22.8 Å². The Kier molecular flexibility index (Phi) is 6.03. The quantitative estimate of drug-likeness (QED) is 0.570. The largest absolute Gasteiger partial charge is 0.350 e. The fraction of sp³-hybridized carbons (Fsp3) is 0.250. The van der Waals surface area contributed by atoms with Gasteiger partial charge in [0.15, 0.2) is 5.13 Å². The molecule has 0 radical (unpaired) electrons. The van der Waals surface area contributed by atoms with Gasteiger partial charge in [-0.2, -0.15) is 0 Å². The molecule has 7 heteroatoms. The normalized spacial score (nSPS) is 13.0. The van der Waals surface area contributed by atoms with Gasteiger partial charge in [0.05, 0.1) is 10.2 Å². The second-order valence-electron chi connectivity index (χ2n) is 6.41. The lowest BCUT2D eigenvalue weighted by Gasteiger charge is -2.15. The molecule has 2 unspecified atom stereocenters. The van der Waals surface area contributed by atoms with Crippen LogP contribution in [0.5, 0.6) is 0 Å². The van der Waals surface area contributed by atoms with Crippen LogP contribution in [0.4, 0.5) is 5.13 Å². The molecule has 0 fully saturated rings. The minimum atomic E-state index is -0.530. The van der Waals surface area contributed by atoms with Crippen LogP contribution in [0.2, 0.25) is 0 Å². The van der Waals surface area contributed by atoms with Crippen molar-refractivity contribution in [2.24, 2.45) is 0 Å². The van der Waals surface area contributed by atoms with E-state index >= 15 is 0 Å². The molecule has 27 heavy (non-hydrogen) atoms. The Balaban J connectivity index is 1.47. The molecule has 3 rings (SSSR count). The van der Waals surface area contributed by atoms with Crippen molar-refractivity contribution in [1.82, 2.24) is 15.8 Å². The van der Waals surface area contributed by atoms with Gasteiger partial charge < -0.3 is 5.32 Å². The van der Waals surface area contributed by atoms with E-state index in [1.807, 2.05) is 61.5 Å². The van der Waals surface area contributed by atoms with Gasteiger partial charge >= 0.3 is 0 Å². The number of amides is 2. The lowest BCUT2D eigenvalue weighted by Crippen LogP contribution is -2.47. The van der Waals surface area contributed by atoms with E-state index in [-0.39, 0.29) is 17.7 Å². The molecule has 2 amide bonds. The Morgan fingerprint density at radius 1 is 1.00 bits per heavy atom. The number of para-hydroxylation sites is 1. The second kappa shape index (κ2) is 8.64. The molecular weight excluding hydrogens is 360 g/mol. The van der Waals surface area contributed by atoms with Crippen molar-refractivity contribution < 1.29 is 9.59 Å². The third kappa shape index (κ3) is 5.04. The van der Waals surface area contributed by atoms with Crippen LogP contribution in [0.25, 0.3) is 10.2 Å². The summed E-state index contributed by atoms with van der Waals surface area (Å²) in [4.78, 5) is 28.7.